The second-order valence-corrected chi connectivity index (χ2v) is 5.85. The Morgan fingerprint density at radius 1 is 1.26 bits per heavy atom. The van der Waals surface area contributed by atoms with Crippen molar-refractivity contribution in [2.75, 3.05) is 7.11 Å². The molecule has 0 bridgehead atoms. The molecule has 19 heavy (non-hydrogen) atoms. The van der Waals surface area contributed by atoms with Crippen molar-refractivity contribution in [1.82, 2.24) is 5.32 Å². The summed E-state index contributed by atoms with van der Waals surface area (Å²) in [6.45, 7) is 0. The first-order valence-electron chi connectivity index (χ1n) is 7.26. The summed E-state index contributed by atoms with van der Waals surface area (Å²) in [5.74, 6) is 0.567. The highest BCUT2D eigenvalue weighted by Crippen LogP contribution is 2.26. The van der Waals surface area contributed by atoms with E-state index in [4.69, 9.17) is 10.5 Å². The quantitative estimate of drug-likeness (QED) is 0.832. The number of hydrogen-bond acceptors (Lipinski definition) is 3. The van der Waals surface area contributed by atoms with Crippen molar-refractivity contribution < 1.29 is 9.53 Å². The monoisotopic (exact) mass is 290 g/mol. The molecular formula is C14H27ClN2O2. The van der Waals surface area contributed by atoms with Crippen molar-refractivity contribution in [3.63, 3.8) is 0 Å². The SMILES string of the molecule is COC1CCC(NC(=O)CC2CCCCC2N)C1.Cl. The van der Waals surface area contributed by atoms with Crippen LogP contribution < -0.4 is 11.1 Å². The third-order valence-electron chi connectivity index (χ3n) is 4.50. The van der Waals surface area contributed by atoms with Crippen LogP contribution in [0.15, 0.2) is 0 Å². The van der Waals surface area contributed by atoms with E-state index >= 15 is 0 Å². The van der Waals surface area contributed by atoms with Crippen LogP contribution in [-0.2, 0) is 9.53 Å². The van der Waals surface area contributed by atoms with E-state index in [0.717, 1.165) is 32.1 Å². The fourth-order valence-electron chi connectivity index (χ4n) is 3.30. The normalized spacial score (nSPS) is 34.6. The van der Waals surface area contributed by atoms with Crippen LogP contribution in [0.4, 0.5) is 0 Å². The van der Waals surface area contributed by atoms with Crippen LogP contribution >= 0.6 is 12.4 Å². The lowest BCUT2D eigenvalue weighted by Gasteiger charge is -2.28. The van der Waals surface area contributed by atoms with Gasteiger partial charge in [-0.3, -0.25) is 4.79 Å². The van der Waals surface area contributed by atoms with E-state index < -0.39 is 0 Å². The van der Waals surface area contributed by atoms with Crippen LogP contribution in [0.1, 0.15) is 51.4 Å². The maximum absolute atomic E-state index is 12.0. The average Bonchev–Trinajstić information content (AvgIpc) is 2.80. The molecule has 2 rings (SSSR count). The Labute approximate surface area is 122 Å². The lowest BCUT2D eigenvalue weighted by atomic mass is 9.83. The van der Waals surface area contributed by atoms with Gasteiger partial charge in [0.05, 0.1) is 6.10 Å². The molecule has 2 fully saturated rings. The third kappa shape index (κ3) is 4.93. The Morgan fingerprint density at radius 2 is 2.00 bits per heavy atom. The predicted molar refractivity (Wildman–Crippen MR) is 78.4 cm³/mol. The Bertz CT molecular complexity index is 289. The van der Waals surface area contributed by atoms with E-state index in [1.54, 1.807) is 7.11 Å². The first-order valence-corrected chi connectivity index (χ1v) is 7.26. The van der Waals surface area contributed by atoms with E-state index in [1.165, 1.54) is 12.8 Å². The number of methoxy groups -OCH3 is 1. The second kappa shape index (κ2) is 8.08. The molecular weight excluding hydrogens is 264 g/mol. The fourth-order valence-corrected chi connectivity index (χ4v) is 3.30. The lowest BCUT2D eigenvalue weighted by Crippen LogP contribution is -2.39. The largest absolute Gasteiger partial charge is 0.381 e. The average molecular weight is 291 g/mol. The van der Waals surface area contributed by atoms with Gasteiger partial charge in [0.1, 0.15) is 0 Å². The first-order chi connectivity index (χ1) is 8.69. The van der Waals surface area contributed by atoms with Gasteiger partial charge < -0.3 is 15.8 Å². The van der Waals surface area contributed by atoms with Crippen LogP contribution in [-0.4, -0.2) is 31.2 Å². The second-order valence-electron chi connectivity index (χ2n) is 5.85. The first kappa shape index (κ1) is 16.7. The molecule has 0 radical (unpaired) electrons. The van der Waals surface area contributed by atoms with Gasteiger partial charge in [-0.15, -0.1) is 12.4 Å². The molecule has 4 nitrogen and oxygen atoms in total. The number of rotatable bonds is 4. The summed E-state index contributed by atoms with van der Waals surface area (Å²) in [4.78, 5) is 12.0. The molecule has 0 aliphatic heterocycles. The molecule has 0 heterocycles. The highest BCUT2D eigenvalue weighted by Gasteiger charge is 2.28. The summed E-state index contributed by atoms with van der Waals surface area (Å²) < 4.78 is 5.32. The van der Waals surface area contributed by atoms with Crippen LogP contribution in [0.5, 0.6) is 0 Å². The molecule has 2 saturated carbocycles. The zero-order chi connectivity index (χ0) is 13.0. The van der Waals surface area contributed by atoms with Crippen molar-refractivity contribution in [1.29, 1.82) is 0 Å². The number of amides is 1. The molecule has 2 aliphatic rings. The molecule has 0 aromatic carbocycles. The lowest BCUT2D eigenvalue weighted by molar-refractivity contribution is -0.123. The maximum atomic E-state index is 12.0. The Kier molecular flexibility index (Phi) is 7.11. The highest BCUT2D eigenvalue weighted by atomic mass is 35.5. The van der Waals surface area contributed by atoms with Crippen molar-refractivity contribution in [3.8, 4) is 0 Å². The molecule has 2 aliphatic carbocycles. The van der Waals surface area contributed by atoms with Crippen LogP contribution in [0.25, 0.3) is 0 Å². The summed E-state index contributed by atoms with van der Waals surface area (Å²) in [5, 5.41) is 3.14. The smallest absolute Gasteiger partial charge is 0.220 e. The van der Waals surface area contributed by atoms with Crippen molar-refractivity contribution in [2.24, 2.45) is 11.7 Å². The summed E-state index contributed by atoms with van der Waals surface area (Å²) in [5.41, 5.74) is 6.08. The van der Waals surface area contributed by atoms with Gasteiger partial charge in [-0.25, -0.2) is 0 Å². The van der Waals surface area contributed by atoms with Gasteiger partial charge >= 0.3 is 0 Å². The molecule has 1 amide bonds. The van der Waals surface area contributed by atoms with E-state index in [0.29, 0.717) is 24.5 Å². The van der Waals surface area contributed by atoms with Gasteiger partial charge in [0.2, 0.25) is 5.91 Å². The molecule has 4 unspecified atom stereocenters. The number of ether oxygens (including phenoxy) is 1. The Balaban J connectivity index is 0.00000180. The molecule has 3 N–H and O–H groups in total. The zero-order valence-electron chi connectivity index (χ0n) is 11.8. The van der Waals surface area contributed by atoms with E-state index in [2.05, 4.69) is 5.32 Å². The minimum absolute atomic E-state index is 0. The molecule has 112 valence electrons. The fraction of sp³-hybridized carbons (Fsp3) is 0.929. The molecule has 5 heteroatoms. The van der Waals surface area contributed by atoms with Crippen LogP contribution in [0, 0.1) is 5.92 Å². The minimum Gasteiger partial charge on any atom is -0.381 e. The molecule has 0 spiro atoms. The highest BCUT2D eigenvalue weighted by molar-refractivity contribution is 5.85. The molecule has 0 aromatic heterocycles. The van der Waals surface area contributed by atoms with Crippen molar-refractivity contribution >= 4 is 18.3 Å². The van der Waals surface area contributed by atoms with Gasteiger partial charge in [-0.2, -0.15) is 0 Å². The van der Waals surface area contributed by atoms with Crippen molar-refractivity contribution in [3.05, 3.63) is 0 Å². The summed E-state index contributed by atoms with van der Waals surface area (Å²) in [6.07, 6.45) is 8.62. The number of nitrogens with one attached hydrogen (secondary N) is 1. The number of hydrogen-bond donors (Lipinski definition) is 2. The molecule has 0 aromatic rings. The topological polar surface area (TPSA) is 64.3 Å². The number of carbonyl (C=O) groups is 1. The molecule has 4 atom stereocenters. The van der Waals surface area contributed by atoms with Gasteiger partial charge in [-0.1, -0.05) is 12.8 Å². The van der Waals surface area contributed by atoms with Gasteiger partial charge in [0.15, 0.2) is 0 Å². The zero-order valence-corrected chi connectivity index (χ0v) is 12.6. The van der Waals surface area contributed by atoms with E-state index in [1.807, 2.05) is 0 Å². The number of nitrogens with two attached hydrogens (primary N) is 1. The Morgan fingerprint density at radius 3 is 2.63 bits per heavy atom. The Hall–Kier alpha value is -0.320. The predicted octanol–water partition coefficient (Wildman–Crippen LogP) is 2.00. The third-order valence-corrected chi connectivity index (χ3v) is 4.50. The summed E-state index contributed by atoms with van der Waals surface area (Å²) >= 11 is 0. The standard InChI is InChI=1S/C14H26N2O2.ClH/c1-18-12-7-6-11(9-12)16-14(17)8-10-4-2-3-5-13(10)15;/h10-13H,2-9,15H2,1H3,(H,16,17);1H. The van der Waals surface area contributed by atoms with Gasteiger partial charge in [0.25, 0.3) is 0 Å². The maximum Gasteiger partial charge on any atom is 0.220 e. The number of halogens is 1. The molecule has 0 saturated heterocycles. The number of carbonyl (C=O) groups excluding carboxylic acids is 1. The summed E-state index contributed by atoms with van der Waals surface area (Å²) in [7, 11) is 1.75. The minimum atomic E-state index is 0. The van der Waals surface area contributed by atoms with Crippen molar-refractivity contribution in [2.45, 2.75) is 69.6 Å². The van der Waals surface area contributed by atoms with E-state index in [-0.39, 0.29) is 24.4 Å². The van der Waals surface area contributed by atoms with Gasteiger partial charge in [-0.05, 0) is 38.0 Å². The van der Waals surface area contributed by atoms with Crippen LogP contribution in [0.2, 0.25) is 0 Å². The van der Waals surface area contributed by atoms with Crippen LogP contribution in [0.3, 0.4) is 0 Å². The van der Waals surface area contributed by atoms with E-state index in [9.17, 15) is 4.79 Å². The van der Waals surface area contributed by atoms with Gasteiger partial charge in [0, 0.05) is 25.6 Å². The summed E-state index contributed by atoms with van der Waals surface area (Å²) in [6, 6.07) is 0.530.